The Balaban J connectivity index is 1.77. The first kappa shape index (κ1) is 36.9. The summed E-state index contributed by atoms with van der Waals surface area (Å²) in [5.74, 6) is 3.27. The highest BCUT2D eigenvalue weighted by atomic mass is 35.5. The summed E-state index contributed by atoms with van der Waals surface area (Å²) in [6.07, 6.45) is -0.404. The van der Waals surface area contributed by atoms with Crippen molar-refractivity contribution in [3.63, 3.8) is 0 Å². The van der Waals surface area contributed by atoms with Crippen LogP contribution in [-0.4, -0.2) is 74.3 Å². The van der Waals surface area contributed by atoms with E-state index in [-0.39, 0.29) is 39.9 Å². The third kappa shape index (κ3) is 7.69. The fourth-order valence-electron chi connectivity index (χ4n) is 5.93. The predicted octanol–water partition coefficient (Wildman–Crippen LogP) is 7.53. The molecule has 0 N–H and O–H groups in total. The van der Waals surface area contributed by atoms with Gasteiger partial charge in [-0.05, 0) is 71.6 Å². The van der Waals surface area contributed by atoms with Crippen molar-refractivity contribution in [3.05, 3.63) is 68.9 Å². The van der Waals surface area contributed by atoms with Gasteiger partial charge >= 0.3 is 11.8 Å². The van der Waals surface area contributed by atoms with Gasteiger partial charge in [-0.3, -0.25) is 0 Å². The summed E-state index contributed by atoms with van der Waals surface area (Å²) in [5, 5.41) is 0.675. The average molecular weight is 718 g/mol. The molecule has 0 saturated carbocycles. The lowest BCUT2D eigenvalue weighted by molar-refractivity contribution is 0.0130. The molecule has 0 unspecified atom stereocenters. The molecule has 2 atom stereocenters. The van der Waals surface area contributed by atoms with E-state index in [0.29, 0.717) is 47.2 Å². The van der Waals surface area contributed by atoms with Gasteiger partial charge in [-0.1, -0.05) is 57.2 Å². The highest BCUT2D eigenvalue weighted by molar-refractivity contribution is 6.83. The number of halogens is 2. The number of carbonyl (C=O) groups is 1. The third-order valence-corrected chi connectivity index (χ3v) is 9.38. The number of anilines is 1. The number of ether oxygens (including phenoxy) is 1. The summed E-state index contributed by atoms with van der Waals surface area (Å²) in [5.41, 5.74) is 4.25. The molecule has 0 bridgehead atoms. The molecule has 1 aliphatic rings. The number of hydrogen-bond acceptors (Lipinski definition) is 8. The minimum atomic E-state index is -1.72. The van der Waals surface area contributed by atoms with Gasteiger partial charge in [0.2, 0.25) is 5.82 Å². The number of benzene rings is 1. The van der Waals surface area contributed by atoms with Crippen LogP contribution in [0.15, 0.2) is 35.1 Å². The van der Waals surface area contributed by atoms with Gasteiger partial charge in [0.15, 0.2) is 5.65 Å². The van der Waals surface area contributed by atoms with Gasteiger partial charge in [-0.25, -0.2) is 33.5 Å². The van der Waals surface area contributed by atoms with Gasteiger partial charge in [-0.2, -0.15) is 4.98 Å². The molecule has 0 radical (unpaired) electrons. The van der Waals surface area contributed by atoms with Crippen LogP contribution in [0.1, 0.15) is 71.6 Å². The zero-order valence-electron chi connectivity index (χ0n) is 30.6. The molecule has 1 amide bonds. The number of rotatable bonds is 4. The number of nitrogens with zero attached hydrogens (tertiary/aromatic N) is 7. The zero-order chi connectivity index (χ0) is 36.9. The van der Waals surface area contributed by atoms with E-state index in [1.165, 1.54) is 10.6 Å². The van der Waals surface area contributed by atoms with Gasteiger partial charge in [0.1, 0.15) is 25.3 Å². The van der Waals surface area contributed by atoms with E-state index in [2.05, 4.69) is 36.1 Å². The molecule has 264 valence electrons. The molecule has 10 nitrogen and oxygen atoms in total. The van der Waals surface area contributed by atoms with Gasteiger partial charge in [0.05, 0.1) is 33.2 Å². The minimum Gasteiger partial charge on any atom is -0.444 e. The number of aryl methyl sites for hydroxylation is 1. The Labute approximate surface area is 299 Å². The predicted molar refractivity (Wildman–Crippen MR) is 199 cm³/mol. The van der Waals surface area contributed by atoms with Crippen molar-refractivity contribution < 1.29 is 13.9 Å². The van der Waals surface area contributed by atoms with Crippen molar-refractivity contribution in [1.82, 2.24) is 29.4 Å². The molecule has 50 heavy (non-hydrogen) atoms. The second-order valence-corrected chi connectivity index (χ2v) is 20.4. The summed E-state index contributed by atoms with van der Waals surface area (Å²) in [7, 11) is -1.72. The maximum Gasteiger partial charge on any atom is 0.410 e. The van der Waals surface area contributed by atoms with E-state index >= 15 is 4.39 Å². The number of carbonyl (C=O) groups excluding carboxylic acids is 1. The van der Waals surface area contributed by atoms with Crippen LogP contribution < -0.4 is 10.6 Å². The maximum atomic E-state index is 15.2. The highest BCUT2D eigenvalue weighted by Gasteiger charge is 2.37. The van der Waals surface area contributed by atoms with Crippen LogP contribution in [0.4, 0.5) is 15.0 Å². The molecule has 1 aromatic carbocycles. The first-order valence-electron chi connectivity index (χ1n) is 16.8. The molecule has 0 aliphatic carbocycles. The van der Waals surface area contributed by atoms with Gasteiger partial charge in [0.25, 0.3) is 0 Å². The molecular weight excluding hydrogens is 673 g/mol. The van der Waals surface area contributed by atoms with E-state index in [1.807, 2.05) is 60.3 Å². The van der Waals surface area contributed by atoms with Crippen LogP contribution in [-0.2, 0) is 4.74 Å². The Morgan fingerprint density at radius 2 is 1.74 bits per heavy atom. The fourth-order valence-corrected chi connectivity index (χ4v) is 6.67. The van der Waals surface area contributed by atoms with Crippen molar-refractivity contribution in [2.45, 2.75) is 98.6 Å². The monoisotopic (exact) mass is 717 g/mol. The zero-order valence-corrected chi connectivity index (χ0v) is 32.4. The Morgan fingerprint density at radius 3 is 2.36 bits per heavy atom. The number of hydrogen-bond donors (Lipinski definition) is 0. The van der Waals surface area contributed by atoms with E-state index in [1.54, 1.807) is 29.2 Å². The number of fused-ring (bicyclic) bond motifs is 1. The Kier molecular flexibility index (Phi) is 10.2. The third-order valence-electron chi connectivity index (χ3n) is 8.22. The first-order valence-corrected chi connectivity index (χ1v) is 20.7. The second-order valence-electron chi connectivity index (χ2n) is 15.2. The van der Waals surface area contributed by atoms with Gasteiger partial charge < -0.3 is 14.5 Å². The number of aromatic nitrogens is 5. The van der Waals surface area contributed by atoms with Gasteiger partial charge in [0, 0.05) is 30.7 Å². The van der Waals surface area contributed by atoms with Crippen molar-refractivity contribution in [2.75, 3.05) is 18.0 Å². The molecular formula is C37H45ClFN7O3Si. The van der Waals surface area contributed by atoms with Crippen LogP contribution >= 0.6 is 11.6 Å². The molecule has 4 heterocycles. The number of piperazine rings is 1. The summed E-state index contributed by atoms with van der Waals surface area (Å²) in [6, 6.07) is 7.39. The summed E-state index contributed by atoms with van der Waals surface area (Å²) in [6.45, 7) is 22.3. The van der Waals surface area contributed by atoms with Crippen molar-refractivity contribution in [1.29, 1.82) is 0 Å². The number of amides is 1. The molecule has 4 aromatic rings. The molecule has 1 aliphatic heterocycles. The van der Waals surface area contributed by atoms with E-state index in [9.17, 15) is 9.59 Å². The minimum absolute atomic E-state index is 0.124. The average Bonchev–Trinajstić information content (AvgIpc) is 3.00. The maximum absolute atomic E-state index is 15.2. The van der Waals surface area contributed by atoms with Crippen molar-refractivity contribution in [3.8, 4) is 28.4 Å². The summed E-state index contributed by atoms with van der Waals surface area (Å²) < 4.78 is 22.3. The molecule has 3 aromatic heterocycles. The van der Waals surface area contributed by atoms with E-state index in [0.717, 1.165) is 0 Å². The lowest BCUT2D eigenvalue weighted by Gasteiger charge is -2.44. The SMILES string of the molecule is Cc1nc(C#C[Si](C)(C)C)nc(C(C)C)c1-n1c(=O)nc(N2C[C@@H](C)N(C(=O)OC(C)(C)C)C[C@@H]2C)c2cc(Cl)c(-c3ccccc3F)nc21. The van der Waals surface area contributed by atoms with Gasteiger partial charge in [-0.15, -0.1) is 5.54 Å². The highest BCUT2D eigenvalue weighted by Crippen LogP contribution is 2.36. The lowest BCUT2D eigenvalue weighted by atomic mass is 10.1. The quantitative estimate of drug-likeness (QED) is 0.158. The smallest absolute Gasteiger partial charge is 0.410 e. The Bertz CT molecular complexity index is 2100. The van der Waals surface area contributed by atoms with E-state index < -0.39 is 31.3 Å². The molecule has 0 spiro atoms. The van der Waals surface area contributed by atoms with Crippen molar-refractivity contribution >= 4 is 42.6 Å². The standard InChI is InChI=1S/C37H45ClFN7O3Si/c1-21(2)30-32(24(5)40-29(41-30)16-17-50(9,10)11)46-34-26(18-27(38)31(42-34)25-14-12-13-15-28(25)39)33(43-35(46)47)44-19-23(4)45(20-22(44)3)36(48)49-37(6,7)8/h12-15,18,21-23H,19-20H2,1-11H3/t22-,23+/m0/s1. The topological polar surface area (TPSA) is 106 Å². The van der Waals surface area contributed by atoms with Crippen LogP contribution in [0.5, 0.6) is 0 Å². The largest absolute Gasteiger partial charge is 0.444 e. The fraction of sp³-hybridized carbons (Fsp3) is 0.459. The molecule has 1 saturated heterocycles. The van der Waals surface area contributed by atoms with Crippen LogP contribution in [0.25, 0.3) is 28.0 Å². The van der Waals surface area contributed by atoms with Crippen LogP contribution in [0.3, 0.4) is 0 Å². The van der Waals surface area contributed by atoms with E-state index in [4.69, 9.17) is 31.3 Å². The Morgan fingerprint density at radius 1 is 1.06 bits per heavy atom. The first-order chi connectivity index (χ1) is 23.3. The summed E-state index contributed by atoms with van der Waals surface area (Å²) in [4.78, 5) is 50.3. The molecule has 5 rings (SSSR count). The summed E-state index contributed by atoms with van der Waals surface area (Å²) >= 11 is 6.89. The lowest BCUT2D eigenvalue weighted by Crippen LogP contribution is -2.59. The Hall–Kier alpha value is -4.34. The van der Waals surface area contributed by atoms with Crippen molar-refractivity contribution in [2.24, 2.45) is 0 Å². The molecule has 1 fully saturated rings. The van der Waals surface area contributed by atoms with Crippen LogP contribution in [0, 0.1) is 24.2 Å². The van der Waals surface area contributed by atoms with Crippen LogP contribution in [0.2, 0.25) is 24.7 Å². The number of pyridine rings is 1. The normalized spacial score (nSPS) is 16.8. The second kappa shape index (κ2) is 13.8. The molecule has 13 heteroatoms.